The summed E-state index contributed by atoms with van der Waals surface area (Å²) in [4.78, 5) is 12.6. The highest BCUT2D eigenvalue weighted by Crippen LogP contribution is 2.16. The van der Waals surface area contributed by atoms with Gasteiger partial charge in [-0.05, 0) is 59.7 Å². The smallest absolute Gasteiger partial charge is 0.273 e. The minimum Gasteiger partial charge on any atom is -0.489 e. The monoisotopic (exact) mass is 429 g/mol. The van der Waals surface area contributed by atoms with Gasteiger partial charge in [-0.15, -0.1) is 0 Å². The van der Waals surface area contributed by atoms with Crippen molar-refractivity contribution in [3.63, 3.8) is 0 Å². The molecule has 5 nitrogen and oxygen atoms in total. The maximum atomic E-state index is 12.6. The Morgan fingerprint density at radius 3 is 2.55 bits per heavy atom. The van der Waals surface area contributed by atoms with E-state index in [9.17, 15) is 4.79 Å². The SMILES string of the molecule is O=C(NN=Cc1cccc(OCc2ccc(Cl)cc2)c1)c1ccccc1-n1cccc1. The van der Waals surface area contributed by atoms with Gasteiger partial charge in [0.15, 0.2) is 0 Å². The average molecular weight is 430 g/mol. The molecule has 0 fully saturated rings. The van der Waals surface area contributed by atoms with Crippen molar-refractivity contribution in [3.8, 4) is 11.4 Å². The molecule has 0 bridgehead atoms. The largest absolute Gasteiger partial charge is 0.489 e. The van der Waals surface area contributed by atoms with Crippen LogP contribution in [-0.2, 0) is 6.61 Å². The van der Waals surface area contributed by atoms with E-state index in [0.29, 0.717) is 22.9 Å². The van der Waals surface area contributed by atoms with Gasteiger partial charge in [0.2, 0.25) is 0 Å². The van der Waals surface area contributed by atoms with Gasteiger partial charge < -0.3 is 9.30 Å². The van der Waals surface area contributed by atoms with Gasteiger partial charge in [0.25, 0.3) is 5.91 Å². The van der Waals surface area contributed by atoms with Crippen LogP contribution in [0.5, 0.6) is 5.75 Å². The van der Waals surface area contributed by atoms with Crippen molar-refractivity contribution in [1.82, 2.24) is 9.99 Å². The number of ether oxygens (including phenoxy) is 1. The molecule has 31 heavy (non-hydrogen) atoms. The lowest BCUT2D eigenvalue weighted by Gasteiger charge is -2.09. The number of hydrogen-bond donors (Lipinski definition) is 1. The fourth-order valence-electron chi connectivity index (χ4n) is 3.04. The van der Waals surface area contributed by atoms with Gasteiger partial charge in [0, 0.05) is 17.4 Å². The minimum absolute atomic E-state index is 0.282. The maximum absolute atomic E-state index is 12.6. The molecule has 0 aliphatic rings. The molecule has 0 aliphatic heterocycles. The number of halogens is 1. The quantitative estimate of drug-likeness (QED) is 0.312. The average Bonchev–Trinajstić information content (AvgIpc) is 3.34. The first kappa shape index (κ1) is 20.4. The Labute approximate surface area is 185 Å². The Morgan fingerprint density at radius 2 is 1.74 bits per heavy atom. The van der Waals surface area contributed by atoms with Crippen molar-refractivity contribution in [2.24, 2.45) is 5.10 Å². The first-order chi connectivity index (χ1) is 15.2. The van der Waals surface area contributed by atoms with E-state index >= 15 is 0 Å². The number of hydrazone groups is 1. The second-order valence-electron chi connectivity index (χ2n) is 6.79. The normalized spacial score (nSPS) is 10.9. The molecule has 0 radical (unpaired) electrons. The molecule has 1 heterocycles. The van der Waals surface area contributed by atoms with E-state index in [4.69, 9.17) is 16.3 Å². The van der Waals surface area contributed by atoms with Crippen LogP contribution in [0.4, 0.5) is 0 Å². The molecular formula is C25H20ClN3O2. The van der Waals surface area contributed by atoms with Gasteiger partial charge >= 0.3 is 0 Å². The number of rotatable bonds is 7. The Balaban J connectivity index is 1.39. The van der Waals surface area contributed by atoms with Gasteiger partial charge in [-0.25, -0.2) is 5.43 Å². The zero-order valence-corrected chi connectivity index (χ0v) is 17.4. The Hall–Kier alpha value is -3.83. The van der Waals surface area contributed by atoms with Crippen LogP contribution in [0, 0.1) is 0 Å². The standard InChI is InChI=1S/C25H20ClN3O2/c26-21-12-10-19(11-13-21)18-31-22-7-5-6-20(16-22)17-27-28-25(30)23-8-1-2-9-24(23)29-14-3-4-15-29/h1-17H,18H2,(H,28,30). The first-order valence-electron chi connectivity index (χ1n) is 9.72. The summed E-state index contributed by atoms with van der Waals surface area (Å²) in [6.45, 7) is 0.435. The third kappa shape index (κ3) is 5.41. The van der Waals surface area contributed by atoms with Crippen LogP contribution >= 0.6 is 11.6 Å². The Bertz CT molecular complexity index is 1190. The van der Waals surface area contributed by atoms with Crippen LogP contribution < -0.4 is 10.2 Å². The third-order valence-electron chi connectivity index (χ3n) is 4.59. The summed E-state index contributed by atoms with van der Waals surface area (Å²) >= 11 is 5.91. The summed E-state index contributed by atoms with van der Waals surface area (Å²) in [6.07, 6.45) is 5.38. The molecule has 0 aliphatic carbocycles. The van der Waals surface area contributed by atoms with Crippen molar-refractivity contribution < 1.29 is 9.53 Å². The predicted octanol–water partition coefficient (Wildman–Crippen LogP) is 5.47. The van der Waals surface area contributed by atoms with Crippen LogP contribution in [0.1, 0.15) is 21.5 Å². The maximum Gasteiger partial charge on any atom is 0.273 e. The van der Waals surface area contributed by atoms with Crippen LogP contribution in [-0.4, -0.2) is 16.7 Å². The second kappa shape index (κ2) is 9.78. The van der Waals surface area contributed by atoms with E-state index in [-0.39, 0.29) is 5.91 Å². The van der Waals surface area contributed by atoms with E-state index in [1.165, 1.54) is 0 Å². The highest BCUT2D eigenvalue weighted by Gasteiger charge is 2.10. The van der Waals surface area contributed by atoms with Crippen LogP contribution in [0.2, 0.25) is 5.02 Å². The summed E-state index contributed by atoms with van der Waals surface area (Å²) < 4.78 is 7.72. The molecule has 0 saturated carbocycles. The van der Waals surface area contributed by atoms with Crippen molar-refractivity contribution in [3.05, 3.63) is 119 Å². The molecule has 0 spiro atoms. The lowest BCUT2D eigenvalue weighted by atomic mass is 10.1. The van der Waals surface area contributed by atoms with Crippen molar-refractivity contribution >= 4 is 23.7 Å². The van der Waals surface area contributed by atoms with E-state index in [1.807, 2.05) is 95.8 Å². The van der Waals surface area contributed by atoms with Crippen molar-refractivity contribution in [1.29, 1.82) is 0 Å². The number of aromatic nitrogens is 1. The molecule has 6 heteroatoms. The molecule has 0 atom stereocenters. The summed E-state index contributed by atoms with van der Waals surface area (Å²) in [5.74, 6) is 0.430. The van der Waals surface area contributed by atoms with Gasteiger partial charge in [-0.3, -0.25) is 4.79 Å². The van der Waals surface area contributed by atoms with Crippen molar-refractivity contribution in [2.45, 2.75) is 6.61 Å². The number of nitrogens with one attached hydrogen (secondary N) is 1. The van der Waals surface area contributed by atoms with Crippen LogP contribution in [0.15, 0.2) is 102 Å². The summed E-state index contributed by atoms with van der Waals surface area (Å²) in [6, 6.07) is 26.2. The summed E-state index contributed by atoms with van der Waals surface area (Å²) in [7, 11) is 0. The molecular weight excluding hydrogens is 410 g/mol. The Morgan fingerprint density at radius 1 is 0.968 bits per heavy atom. The molecule has 1 amide bonds. The Kier molecular flexibility index (Phi) is 6.45. The fraction of sp³-hybridized carbons (Fsp3) is 0.0400. The number of nitrogens with zero attached hydrogens (tertiary/aromatic N) is 2. The molecule has 4 rings (SSSR count). The van der Waals surface area contributed by atoms with E-state index in [1.54, 1.807) is 12.3 Å². The van der Waals surface area contributed by atoms with Gasteiger partial charge in [0.05, 0.1) is 17.5 Å². The molecule has 4 aromatic rings. The summed E-state index contributed by atoms with van der Waals surface area (Å²) in [5, 5.41) is 4.80. The zero-order chi connectivity index (χ0) is 21.5. The van der Waals surface area contributed by atoms with Gasteiger partial charge in [-0.2, -0.15) is 5.10 Å². The molecule has 3 aromatic carbocycles. The third-order valence-corrected chi connectivity index (χ3v) is 4.84. The van der Waals surface area contributed by atoms with E-state index < -0.39 is 0 Å². The molecule has 0 unspecified atom stereocenters. The van der Waals surface area contributed by atoms with Crippen LogP contribution in [0.25, 0.3) is 5.69 Å². The highest BCUT2D eigenvalue weighted by atomic mass is 35.5. The van der Waals surface area contributed by atoms with E-state index in [2.05, 4.69) is 10.5 Å². The first-order valence-corrected chi connectivity index (χ1v) is 10.1. The zero-order valence-electron chi connectivity index (χ0n) is 16.6. The molecule has 154 valence electrons. The number of amides is 1. The number of carbonyl (C=O) groups excluding carboxylic acids is 1. The second-order valence-corrected chi connectivity index (χ2v) is 7.23. The topological polar surface area (TPSA) is 55.6 Å². The van der Waals surface area contributed by atoms with Gasteiger partial charge in [-0.1, -0.05) is 48.0 Å². The predicted molar refractivity (Wildman–Crippen MR) is 123 cm³/mol. The molecule has 1 aromatic heterocycles. The number of carbonyl (C=O) groups is 1. The molecule has 0 saturated heterocycles. The number of para-hydroxylation sites is 1. The van der Waals surface area contributed by atoms with Gasteiger partial charge in [0.1, 0.15) is 12.4 Å². The van der Waals surface area contributed by atoms with Crippen LogP contribution in [0.3, 0.4) is 0 Å². The highest BCUT2D eigenvalue weighted by molar-refractivity contribution is 6.30. The number of benzene rings is 3. The number of hydrogen-bond acceptors (Lipinski definition) is 3. The lowest BCUT2D eigenvalue weighted by molar-refractivity contribution is 0.0955. The fourth-order valence-corrected chi connectivity index (χ4v) is 3.17. The summed E-state index contributed by atoms with van der Waals surface area (Å²) in [5.41, 5.74) is 5.76. The van der Waals surface area contributed by atoms with Crippen molar-refractivity contribution in [2.75, 3.05) is 0 Å². The van der Waals surface area contributed by atoms with E-state index in [0.717, 1.165) is 16.8 Å². The minimum atomic E-state index is -0.282. The lowest BCUT2D eigenvalue weighted by Crippen LogP contribution is -2.19. The molecule has 1 N–H and O–H groups in total.